The summed E-state index contributed by atoms with van der Waals surface area (Å²) in [5, 5.41) is 0. The average molecular weight is 367 g/mol. The highest BCUT2D eigenvalue weighted by atomic mass is 35.5. The van der Waals surface area contributed by atoms with Gasteiger partial charge < -0.3 is 4.74 Å². The lowest BCUT2D eigenvalue weighted by Gasteiger charge is -2.15. The SMILES string of the molecule is CCCc1ccc(OCP(=O)(CCCc2ccccc2)OCl)cc1. The van der Waals surface area contributed by atoms with Crippen molar-refractivity contribution in [2.75, 3.05) is 12.5 Å². The van der Waals surface area contributed by atoms with Crippen molar-refractivity contribution in [3.05, 3.63) is 65.7 Å². The summed E-state index contributed by atoms with van der Waals surface area (Å²) < 4.78 is 23.0. The van der Waals surface area contributed by atoms with Gasteiger partial charge in [0.15, 0.2) is 6.35 Å². The molecule has 1 atom stereocenters. The third-order valence-electron chi connectivity index (χ3n) is 3.82. The van der Waals surface area contributed by atoms with Crippen molar-refractivity contribution in [1.29, 1.82) is 0 Å². The maximum absolute atomic E-state index is 12.6. The van der Waals surface area contributed by atoms with Crippen LogP contribution in [0.3, 0.4) is 0 Å². The minimum Gasteiger partial charge on any atom is -0.483 e. The highest BCUT2D eigenvalue weighted by Gasteiger charge is 2.24. The molecule has 0 aliphatic carbocycles. The van der Waals surface area contributed by atoms with Gasteiger partial charge in [-0.25, -0.2) is 4.08 Å². The highest BCUT2D eigenvalue weighted by Crippen LogP contribution is 2.49. The first-order chi connectivity index (χ1) is 11.6. The molecule has 130 valence electrons. The van der Waals surface area contributed by atoms with E-state index in [2.05, 4.69) is 19.1 Å². The van der Waals surface area contributed by atoms with Crippen molar-refractivity contribution < 1.29 is 13.4 Å². The largest absolute Gasteiger partial charge is 0.483 e. The molecule has 0 heterocycles. The number of hydrogen-bond acceptors (Lipinski definition) is 3. The second kappa shape index (κ2) is 9.88. The predicted octanol–water partition coefficient (Wildman–Crippen LogP) is 6.06. The van der Waals surface area contributed by atoms with Crippen LogP contribution in [0.4, 0.5) is 0 Å². The quantitative estimate of drug-likeness (QED) is 0.479. The van der Waals surface area contributed by atoms with Crippen molar-refractivity contribution in [1.82, 2.24) is 0 Å². The zero-order valence-corrected chi connectivity index (χ0v) is 15.6. The fourth-order valence-corrected chi connectivity index (χ4v) is 4.05. The molecular formula is C19H24ClO3P. The normalized spacial score (nSPS) is 13.4. The van der Waals surface area contributed by atoms with E-state index in [4.69, 9.17) is 20.7 Å². The Hall–Kier alpha value is -1.28. The monoisotopic (exact) mass is 366 g/mol. The van der Waals surface area contributed by atoms with Gasteiger partial charge in [-0.3, -0.25) is 4.57 Å². The van der Waals surface area contributed by atoms with Crippen molar-refractivity contribution in [2.24, 2.45) is 0 Å². The number of aryl methyl sites for hydroxylation is 2. The molecule has 0 bridgehead atoms. The van der Waals surface area contributed by atoms with E-state index in [9.17, 15) is 4.57 Å². The topological polar surface area (TPSA) is 35.5 Å². The third kappa shape index (κ3) is 6.32. The molecular weight excluding hydrogens is 343 g/mol. The van der Waals surface area contributed by atoms with Crippen molar-refractivity contribution in [2.45, 2.75) is 32.6 Å². The van der Waals surface area contributed by atoms with Gasteiger partial charge in [0.05, 0.1) is 11.9 Å². The molecule has 0 amide bonds. The molecule has 2 aromatic carbocycles. The zero-order valence-electron chi connectivity index (χ0n) is 14.0. The molecule has 0 N–H and O–H groups in total. The number of rotatable bonds is 10. The second-order valence-electron chi connectivity index (χ2n) is 5.86. The van der Waals surface area contributed by atoms with Crippen LogP contribution in [-0.4, -0.2) is 12.5 Å². The summed E-state index contributed by atoms with van der Waals surface area (Å²) in [4.78, 5) is 0. The van der Waals surface area contributed by atoms with Crippen LogP contribution in [0.25, 0.3) is 0 Å². The molecule has 0 saturated heterocycles. The number of ether oxygens (including phenoxy) is 1. The third-order valence-corrected chi connectivity index (χ3v) is 6.35. The van der Waals surface area contributed by atoms with E-state index >= 15 is 0 Å². The standard InChI is InChI=1S/C19H24ClO3P/c1-2-7-17-11-13-19(14-12-17)22-16-24(21,23-20)15-6-10-18-8-4-3-5-9-18/h3-5,8-9,11-14H,2,6-7,10,15-16H2,1H3. The first-order valence-corrected chi connectivity index (χ1v) is 10.6. The first-order valence-electron chi connectivity index (χ1n) is 8.29. The van der Waals surface area contributed by atoms with Crippen LogP contribution in [0.5, 0.6) is 5.75 Å². The fourth-order valence-electron chi connectivity index (χ4n) is 2.50. The van der Waals surface area contributed by atoms with Gasteiger partial charge in [-0.05, 0) is 42.5 Å². The molecule has 24 heavy (non-hydrogen) atoms. The summed E-state index contributed by atoms with van der Waals surface area (Å²) >= 11 is 5.48. The summed E-state index contributed by atoms with van der Waals surface area (Å²) in [6.07, 6.45) is 4.14. The van der Waals surface area contributed by atoms with Gasteiger partial charge in [-0.15, -0.1) is 0 Å². The van der Waals surface area contributed by atoms with E-state index < -0.39 is 7.37 Å². The van der Waals surface area contributed by atoms with E-state index in [1.807, 2.05) is 42.5 Å². The Morgan fingerprint density at radius 3 is 2.25 bits per heavy atom. The molecule has 0 aromatic heterocycles. The number of halogens is 1. The molecule has 0 spiro atoms. The van der Waals surface area contributed by atoms with Crippen molar-refractivity contribution >= 4 is 19.2 Å². The van der Waals surface area contributed by atoms with E-state index in [0.29, 0.717) is 11.9 Å². The molecule has 2 aromatic rings. The Morgan fingerprint density at radius 2 is 1.62 bits per heavy atom. The van der Waals surface area contributed by atoms with Gasteiger partial charge in [-0.2, -0.15) is 0 Å². The fraction of sp³-hybridized carbons (Fsp3) is 0.368. The molecule has 0 aliphatic heterocycles. The molecule has 0 radical (unpaired) electrons. The number of benzene rings is 2. The Labute approximate surface area is 149 Å². The highest BCUT2D eigenvalue weighted by molar-refractivity contribution is 7.59. The van der Waals surface area contributed by atoms with E-state index in [-0.39, 0.29) is 6.35 Å². The van der Waals surface area contributed by atoms with Gasteiger partial charge in [-0.1, -0.05) is 55.8 Å². The molecule has 2 rings (SSSR count). The molecule has 0 fully saturated rings. The van der Waals surface area contributed by atoms with Crippen molar-refractivity contribution in [3.63, 3.8) is 0 Å². The Balaban J connectivity index is 1.82. The van der Waals surface area contributed by atoms with E-state index in [1.165, 1.54) is 11.1 Å². The van der Waals surface area contributed by atoms with Crippen LogP contribution in [-0.2, 0) is 21.5 Å². The molecule has 1 unspecified atom stereocenters. The lowest BCUT2D eigenvalue weighted by Crippen LogP contribution is -2.04. The Bertz CT molecular complexity index is 643. The Kier molecular flexibility index (Phi) is 7.84. The smallest absolute Gasteiger partial charge is 0.256 e. The van der Waals surface area contributed by atoms with Gasteiger partial charge in [0.1, 0.15) is 5.75 Å². The molecule has 5 heteroatoms. The van der Waals surface area contributed by atoms with E-state index in [0.717, 1.165) is 25.7 Å². The van der Waals surface area contributed by atoms with Gasteiger partial charge in [0.25, 0.3) is 7.37 Å². The summed E-state index contributed by atoms with van der Waals surface area (Å²) in [7, 11) is -2.98. The lowest BCUT2D eigenvalue weighted by molar-refractivity contribution is 0.356. The van der Waals surface area contributed by atoms with Crippen LogP contribution < -0.4 is 4.74 Å². The summed E-state index contributed by atoms with van der Waals surface area (Å²) in [6.45, 7) is 2.15. The average Bonchev–Trinajstić information content (AvgIpc) is 2.62. The predicted molar refractivity (Wildman–Crippen MR) is 100 cm³/mol. The van der Waals surface area contributed by atoms with Crippen LogP contribution in [0.1, 0.15) is 30.9 Å². The number of hydrogen-bond donors (Lipinski definition) is 0. The van der Waals surface area contributed by atoms with Gasteiger partial charge in [0.2, 0.25) is 0 Å². The summed E-state index contributed by atoms with van der Waals surface area (Å²) in [5.41, 5.74) is 2.48. The molecule has 0 aliphatic rings. The molecule has 3 nitrogen and oxygen atoms in total. The van der Waals surface area contributed by atoms with Crippen LogP contribution >= 0.6 is 19.2 Å². The summed E-state index contributed by atoms with van der Waals surface area (Å²) in [5.74, 6) is 0.687. The minimum absolute atomic E-state index is 0.00157. The second-order valence-corrected chi connectivity index (χ2v) is 8.75. The van der Waals surface area contributed by atoms with Gasteiger partial charge >= 0.3 is 0 Å². The molecule has 0 saturated carbocycles. The minimum atomic E-state index is -2.98. The Morgan fingerprint density at radius 1 is 0.958 bits per heavy atom. The maximum atomic E-state index is 12.6. The lowest BCUT2D eigenvalue weighted by atomic mass is 10.1. The zero-order chi connectivity index (χ0) is 17.3. The maximum Gasteiger partial charge on any atom is 0.256 e. The first kappa shape index (κ1) is 19.1. The van der Waals surface area contributed by atoms with Crippen LogP contribution in [0.15, 0.2) is 54.6 Å². The van der Waals surface area contributed by atoms with Crippen LogP contribution in [0, 0.1) is 0 Å². The van der Waals surface area contributed by atoms with Crippen molar-refractivity contribution in [3.8, 4) is 5.75 Å². The van der Waals surface area contributed by atoms with E-state index in [1.54, 1.807) is 0 Å². The summed E-state index contributed by atoms with van der Waals surface area (Å²) in [6, 6.07) is 17.9. The van der Waals surface area contributed by atoms with Crippen LogP contribution in [0.2, 0.25) is 0 Å². The van der Waals surface area contributed by atoms with Gasteiger partial charge in [0, 0.05) is 6.16 Å².